The van der Waals surface area contributed by atoms with Gasteiger partial charge in [0.05, 0.1) is 171 Å². The first-order chi connectivity index (χ1) is 53.6. The number of carbonyl (C=O) groups excluding carboxylic acids is 6. The van der Waals surface area contributed by atoms with Crippen LogP contribution in [0.3, 0.4) is 0 Å². The molecule has 0 bridgehead atoms. The zero-order chi connectivity index (χ0) is 84.8. The molecule has 8 aliphatic heterocycles. The van der Waals surface area contributed by atoms with E-state index >= 15 is 0 Å². The summed E-state index contributed by atoms with van der Waals surface area (Å²) in [6.45, 7) is 52.2. The first-order valence-electron chi connectivity index (χ1n) is 41.7. The molecule has 0 aromatic heterocycles. The number of esters is 5. The molecule has 8 rings (SSSR count). The number of hydrogen-bond acceptors (Lipinski definition) is 31. The molecule has 8 atom stereocenters. The van der Waals surface area contributed by atoms with Crippen LogP contribution in [0.15, 0.2) is 0 Å². The minimum atomic E-state index is -0.822. The van der Waals surface area contributed by atoms with Gasteiger partial charge < -0.3 is 123 Å². The van der Waals surface area contributed by atoms with Gasteiger partial charge >= 0.3 is 31.3 Å². The van der Waals surface area contributed by atoms with E-state index in [9.17, 15) is 28.8 Å². The van der Waals surface area contributed by atoms with Crippen molar-refractivity contribution in [3.05, 3.63) is 0 Å². The van der Waals surface area contributed by atoms with Gasteiger partial charge in [-0.1, -0.05) is 55.4 Å². The van der Waals surface area contributed by atoms with E-state index in [4.69, 9.17) is 114 Å². The van der Waals surface area contributed by atoms with Crippen molar-refractivity contribution in [3.63, 3.8) is 0 Å². The van der Waals surface area contributed by atoms with Gasteiger partial charge in [0.1, 0.15) is 54.6 Å². The molecule has 31 heteroatoms. The standard InChI is InChI=1S/2C20H34O9.2C18H34O5.C7H12O3/c1-5-24-17(21)7-9-19(3)26-13-15(28-19)11-23-12-16-14-27-20(4,29-16)10-8-18(22)25-6-2;1-5-23-17(21)7-9-19(3)25-11-15(12-26-19)29-16-13-27-20(4,28-14-16)10-8-18(22)24-6-2;1-13(2)7-17(5)20-11-15(22-17)9-19-10-16-12-21-18(6,23-16)8-14(3)4;1-13(2)7-17(5)19-9-15(10-20-17)23-16-11-21-18(6,22-12-16)8-14(3)4;1-3-10-7(9)5-4-6(2)8/h2*15-16H,5-14H2,1-4H3;2*13-16H,7-12H2,1-6H3;3-5H2,1-2H3/p+1. The van der Waals surface area contributed by atoms with Crippen LogP contribution < -0.4 is 0 Å². The maximum Gasteiger partial charge on any atom is 1.00 e. The van der Waals surface area contributed by atoms with Crippen molar-refractivity contribution in [3.8, 4) is 0 Å². The molecule has 8 aliphatic rings. The van der Waals surface area contributed by atoms with Crippen LogP contribution in [0.1, 0.15) is 244 Å². The molecule has 0 aromatic carbocycles. The number of rotatable bonds is 40. The highest BCUT2D eigenvalue weighted by molar-refractivity contribution is 5.81. The lowest BCUT2D eigenvalue weighted by molar-refractivity contribution is -0.327. The molecule has 666 valence electrons. The molecule has 0 saturated carbocycles. The summed E-state index contributed by atoms with van der Waals surface area (Å²) in [4.78, 5) is 66.9. The molecule has 0 aromatic rings. The first-order valence-corrected chi connectivity index (χ1v) is 41.7. The van der Waals surface area contributed by atoms with Crippen LogP contribution in [-0.2, 0) is 147 Å². The van der Waals surface area contributed by atoms with E-state index < -0.39 is 46.3 Å². The molecule has 0 N–H and O–H groups in total. The number of Topliss-reactive ketones (excluding diaryl/α,β-unsaturated/α-hetero) is 1. The molecule has 8 saturated heterocycles. The van der Waals surface area contributed by atoms with Crippen LogP contribution in [0.2, 0.25) is 0 Å². The van der Waals surface area contributed by atoms with Gasteiger partial charge in [0.2, 0.25) is 0 Å². The summed E-state index contributed by atoms with van der Waals surface area (Å²) >= 11 is 0. The summed E-state index contributed by atoms with van der Waals surface area (Å²) in [6.07, 6.45) is 5.76. The molecule has 114 heavy (non-hydrogen) atoms. The fraction of sp³-hybridized carbons (Fsp3) is 0.928. The van der Waals surface area contributed by atoms with Gasteiger partial charge in [-0.3, -0.25) is 24.0 Å². The molecule has 0 radical (unpaired) electrons. The second-order valence-corrected chi connectivity index (χ2v) is 33.2. The lowest BCUT2D eigenvalue weighted by Crippen LogP contribution is -2.50. The number of carbonyl (C=O) groups is 6. The molecule has 0 aliphatic carbocycles. The van der Waals surface area contributed by atoms with Crippen molar-refractivity contribution in [2.24, 2.45) is 23.7 Å². The third-order valence-electron chi connectivity index (χ3n) is 19.0. The number of hydrogen-bond donors (Lipinski definition) is 0. The lowest BCUT2D eigenvalue weighted by atomic mass is 10.0. The monoisotopic (exact) mass is 1640 g/mol. The Morgan fingerprint density at radius 1 is 0.289 bits per heavy atom. The molecule has 31 nitrogen and oxygen atoms in total. The Balaban J connectivity index is 0.000000382. The van der Waals surface area contributed by atoms with E-state index in [1.807, 2.05) is 55.4 Å². The summed E-state index contributed by atoms with van der Waals surface area (Å²) < 4.78 is 141. The van der Waals surface area contributed by atoms with Crippen molar-refractivity contribution in [1.29, 1.82) is 0 Å². The van der Waals surface area contributed by atoms with Crippen LogP contribution in [-0.4, -0.2) is 270 Å². The zero-order valence-electron chi connectivity index (χ0n) is 74.3. The summed E-state index contributed by atoms with van der Waals surface area (Å²) in [5, 5.41) is 0. The van der Waals surface area contributed by atoms with Crippen LogP contribution in [0.5, 0.6) is 0 Å². The van der Waals surface area contributed by atoms with E-state index in [-0.39, 0.29) is 118 Å². The second kappa shape index (κ2) is 51.1. The van der Waals surface area contributed by atoms with Crippen molar-refractivity contribution in [1.82, 2.24) is 0 Å². The molecule has 8 unspecified atom stereocenters. The average molecular weight is 1640 g/mol. The molecular formula is C83H149O31+. The van der Waals surface area contributed by atoms with Gasteiger partial charge in [-0.05, 0) is 121 Å². The van der Waals surface area contributed by atoms with E-state index in [2.05, 4.69) is 60.1 Å². The maximum absolute atomic E-state index is 11.5. The quantitative estimate of drug-likeness (QED) is 0.0406. The van der Waals surface area contributed by atoms with Crippen molar-refractivity contribution < 1.29 is 149 Å². The van der Waals surface area contributed by atoms with Gasteiger partial charge in [-0.25, -0.2) is 0 Å². The van der Waals surface area contributed by atoms with Crippen LogP contribution in [0, 0.1) is 23.7 Å². The largest absolute Gasteiger partial charge is 1.00 e. The Labute approximate surface area is 681 Å². The SMILES string of the molecule is CC(C)CC1(C)OCC(COCC2COC(C)(CC(C)C)O2)O1.CC(C)CC1(C)OCC(OC2COC(C)(CC(C)C)OC2)CO1.CCOC(=O)CCC(C)=O.CCOC(=O)CCC1(C)OCC(COCC2COC(C)(CCC(=O)OCC)O2)O1.CCOC(=O)CCC1(C)OCC(OC2COC(C)(CCC(=O)OCC)OC2)CO1.[H+]. The third kappa shape index (κ3) is 41.9. The van der Waals surface area contributed by atoms with Gasteiger partial charge in [0, 0.05) is 57.8 Å². The maximum atomic E-state index is 11.5. The van der Waals surface area contributed by atoms with Crippen LogP contribution in [0.25, 0.3) is 0 Å². The Morgan fingerprint density at radius 3 is 0.728 bits per heavy atom. The van der Waals surface area contributed by atoms with Crippen molar-refractivity contribution >= 4 is 35.6 Å². The molecular weight excluding hydrogens is 1490 g/mol. The molecule has 8 heterocycles. The number of ketones is 1. The van der Waals surface area contributed by atoms with E-state index in [0.29, 0.717) is 195 Å². The minimum absolute atomic E-state index is 0. The summed E-state index contributed by atoms with van der Waals surface area (Å²) in [6, 6.07) is 0. The summed E-state index contributed by atoms with van der Waals surface area (Å²) in [5.41, 5.74) is 0. The van der Waals surface area contributed by atoms with E-state index in [1.54, 1.807) is 34.6 Å². The first kappa shape index (κ1) is 103. The fourth-order valence-electron chi connectivity index (χ4n) is 13.8. The van der Waals surface area contributed by atoms with Gasteiger partial charge in [0.25, 0.3) is 0 Å². The smallest absolute Gasteiger partial charge is 0.466 e. The van der Waals surface area contributed by atoms with E-state index in [0.717, 1.165) is 25.7 Å². The van der Waals surface area contributed by atoms with Crippen molar-refractivity contribution in [2.75, 3.05) is 139 Å². The Hall–Kier alpha value is -3.78. The van der Waals surface area contributed by atoms with Gasteiger partial charge in [-0.15, -0.1) is 0 Å². The molecule has 0 spiro atoms. The topological polar surface area (TPSA) is 333 Å². The zero-order valence-corrected chi connectivity index (χ0v) is 73.3. The van der Waals surface area contributed by atoms with E-state index in [1.165, 1.54) is 6.92 Å². The Morgan fingerprint density at radius 2 is 0.491 bits per heavy atom. The predicted octanol–water partition coefficient (Wildman–Crippen LogP) is 11.7. The fourth-order valence-corrected chi connectivity index (χ4v) is 13.8. The summed E-state index contributed by atoms with van der Waals surface area (Å²) in [7, 11) is 0. The Bertz CT molecular complexity index is 2570. The second-order valence-electron chi connectivity index (χ2n) is 33.2. The van der Waals surface area contributed by atoms with Gasteiger partial charge in [-0.2, -0.15) is 0 Å². The lowest BCUT2D eigenvalue weighted by Gasteiger charge is -2.42. The molecule has 8 fully saturated rings. The van der Waals surface area contributed by atoms with Gasteiger partial charge in [0.15, 0.2) is 46.3 Å². The Kier molecular flexibility index (Phi) is 46.0. The molecule has 0 amide bonds. The average Bonchev–Trinajstić information content (AvgIpc) is 1.79. The predicted molar refractivity (Wildman–Crippen MR) is 416 cm³/mol. The summed E-state index contributed by atoms with van der Waals surface area (Å²) in [5.74, 6) is -4.31. The third-order valence-corrected chi connectivity index (χ3v) is 19.0. The highest BCUT2D eigenvalue weighted by Gasteiger charge is 2.45. The van der Waals surface area contributed by atoms with Crippen molar-refractivity contribution in [2.45, 2.75) is 337 Å². The highest BCUT2D eigenvalue weighted by atomic mass is 16.8. The highest BCUT2D eigenvalue weighted by Crippen LogP contribution is 2.36. The van der Waals surface area contributed by atoms with Crippen LogP contribution in [0.4, 0.5) is 0 Å². The minimum Gasteiger partial charge on any atom is -0.466 e. The number of ether oxygens (including phenoxy) is 25. The van der Waals surface area contributed by atoms with Crippen LogP contribution >= 0.6 is 0 Å². The normalized spacial score (nSPS) is 32.7.